The number of aromatic nitrogens is 1. The van der Waals surface area contributed by atoms with Gasteiger partial charge in [-0.1, -0.05) is 0 Å². The van der Waals surface area contributed by atoms with Crippen LogP contribution in [-0.4, -0.2) is 31.6 Å². The highest BCUT2D eigenvalue weighted by molar-refractivity contribution is 5.76. The van der Waals surface area contributed by atoms with Gasteiger partial charge in [0.2, 0.25) is 11.8 Å². The third-order valence-corrected chi connectivity index (χ3v) is 1.90. The minimum absolute atomic E-state index is 0.0171. The summed E-state index contributed by atoms with van der Waals surface area (Å²) in [4.78, 5) is 14.9. The smallest absolute Gasteiger partial charge is 0.221 e. The first kappa shape index (κ1) is 11.3. The highest BCUT2D eigenvalue weighted by Gasteiger charge is 1.98. The van der Waals surface area contributed by atoms with E-state index in [1.165, 1.54) is 0 Å². The molecule has 0 spiro atoms. The van der Waals surface area contributed by atoms with E-state index in [0.717, 1.165) is 5.69 Å². The molecule has 0 bridgehead atoms. The van der Waals surface area contributed by atoms with E-state index in [4.69, 9.17) is 4.74 Å². The lowest BCUT2D eigenvalue weighted by atomic mass is 10.3. The summed E-state index contributed by atoms with van der Waals surface area (Å²) in [6.45, 7) is 0.590. The van der Waals surface area contributed by atoms with Gasteiger partial charge in [-0.05, 0) is 6.07 Å². The van der Waals surface area contributed by atoms with Crippen molar-refractivity contribution in [3.8, 4) is 5.88 Å². The van der Waals surface area contributed by atoms with Gasteiger partial charge in [-0.2, -0.15) is 0 Å². The Morgan fingerprint density at radius 2 is 2.40 bits per heavy atom. The van der Waals surface area contributed by atoms with Crippen LogP contribution in [0.5, 0.6) is 5.88 Å². The summed E-state index contributed by atoms with van der Waals surface area (Å²) in [5, 5.41) is 5.66. The molecule has 0 fully saturated rings. The molecule has 1 heterocycles. The molecule has 0 aliphatic carbocycles. The van der Waals surface area contributed by atoms with Crippen molar-refractivity contribution < 1.29 is 9.53 Å². The Morgan fingerprint density at radius 1 is 1.60 bits per heavy atom. The maximum Gasteiger partial charge on any atom is 0.221 e. The van der Waals surface area contributed by atoms with E-state index in [-0.39, 0.29) is 5.91 Å². The SMILES string of the molecule is CNC(=O)CCNc1ccnc(OC)c1. The number of pyridine rings is 1. The van der Waals surface area contributed by atoms with E-state index >= 15 is 0 Å². The molecule has 1 aromatic rings. The van der Waals surface area contributed by atoms with E-state index in [1.54, 1.807) is 26.4 Å². The monoisotopic (exact) mass is 209 g/mol. The summed E-state index contributed by atoms with van der Waals surface area (Å²) < 4.78 is 4.97. The van der Waals surface area contributed by atoms with Gasteiger partial charge in [-0.3, -0.25) is 4.79 Å². The van der Waals surface area contributed by atoms with E-state index in [0.29, 0.717) is 18.8 Å². The van der Waals surface area contributed by atoms with Gasteiger partial charge < -0.3 is 15.4 Å². The minimum atomic E-state index is 0.0171. The van der Waals surface area contributed by atoms with Crippen LogP contribution in [0.25, 0.3) is 0 Å². The average molecular weight is 209 g/mol. The second-order valence-corrected chi connectivity index (χ2v) is 2.94. The fourth-order valence-electron chi connectivity index (χ4n) is 1.08. The van der Waals surface area contributed by atoms with Crippen LogP contribution in [0.1, 0.15) is 6.42 Å². The highest BCUT2D eigenvalue weighted by atomic mass is 16.5. The van der Waals surface area contributed by atoms with Gasteiger partial charge in [0.05, 0.1) is 7.11 Å². The number of methoxy groups -OCH3 is 1. The van der Waals surface area contributed by atoms with Crippen molar-refractivity contribution in [3.05, 3.63) is 18.3 Å². The number of nitrogens with one attached hydrogen (secondary N) is 2. The summed E-state index contributed by atoms with van der Waals surface area (Å²) in [7, 11) is 3.19. The molecule has 15 heavy (non-hydrogen) atoms. The van der Waals surface area contributed by atoms with Crippen LogP contribution in [0.2, 0.25) is 0 Å². The van der Waals surface area contributed by atoms with Crippen molar-refractivity contribution in [1.82, 2.24) is 10.3 Å². The Morgan fingerprint density at radius 3 is 3.07 bits per heavy atom. The fraction of sp³-hybridized carbons (Fsp3) is 0.400. The van der Waals surface area contributed by atoms with Crippen molar-refractivity contribution in [1.29, 1.82) is 0 Å². The summed E-state index contributed by atoms with van der Waals surface area (Å²) in [6, 6.07) is 3.61. The number of hydrogen-bond donors (Lipinski definition) is 2. The van der Waals surface area contributed by atoms with Crippen molar-refractivity contribution in [3.63, 3.8) is 0 Å². The molecule has 0 unspecified atom stereocenters. The number of rotatable bonds is 5. The second kappa shape index (κ2) is 5.85. The Hall–Kier alpha value is -1.78. The Kier molecular flexibility index (Phi) is 4.40. The van der Waals surface area contributed by atoms with Crippen LogP contribution < -0.4 is 15.4 Å². The molecule has 0 saturated carbocycles. The van der Waals surface area contributed by atoms with Crippen LogP contribution >= 0.6 is 0 Å². The third kappa shape index (κ3) is 3.84. The zero-order valence-electron chi connectivity index (χ0n) is 8.91. The second-order valence-electron chi connectivity index (χ2n) is 2.94. The molecule has 0 aliphatic heterocycles. The van der Waals surface area contributed by atoms with Crippen molar-refractivity contribution in [2.45, 2.75) is 6.42 Å². The topological polar surface area (TPSA) is 63.2 Å². The van der Waals surface area contributed by atoms with Crippen molar-refractivity contribution in [2.24, 2.45) is 0 Å². The minimum Gasteiger partial charge on any atom is -0.481 e. The molecule has 1 rings (SSSR count). The lowest BCUT2D eigenvalue weighted by molar-refractivity contribution is -0.120. The van der Waals surface area contributed by atoms with Crippen molar-refractivity contribution in [2.75, 3.05) is 26.0 Å². The largest absolute Gasteiger partial charge is 0.481 e. The molecule has 1 aromatic heterocycles. The lowest BCUT2D eigenvalue weighted by Crippen LogP contribution is -2.20. The first-order valence-corrected chi connectivity index (χ1v) is 4.70. The normalized spacial score (nSPS) is 9.47. The number of amides is 1. The fourth-order valence-corrected chi connectivity index (χ4v) is 1.08. The van der Waals surface area contributed by atoms with Crippen LogP contribution in [0.3, 0.4) is 0 Å². The Bertz CT molecular complexity index is 328. The van der Waals surface area contributed by atoms with Crippen LogP contribution in [-0.2, 0) is 4.79 Å². The molecule has 1 amide bonds. The molecule has 2 N–H and O–H groups in total. The Balaban J connectivity index is 2.40. The van der Waals surface area contributed by atoms with Crippen LogP contribution in [0.4, 0.5) is 5.69 Å². The van der Waals surface area contributed by atoms with E-state index in [9.17, 15) is 4.79 Å². The van der Waals surface area contributed by atoms with Gasteiger partial charge in [0, 0.05) is 38.0 Å². The summed E-state index contributed by atoms with van der Waals surface area (Å²) in [5.74, 6) is 0.573. The molecule has 0 aliphatic rings. The van der Waals surface area contributed by atoms with E-state index in [2.05, 4.69) is 15.6 Å². The third-order valence-electron chi connectivity index (χ3n) is 1.90. The van der Waals surface area contributed by atoms with Gasteiger partial charge in [0.15, 0.2) is 0 Å². The number of ether oxygens (including phenoxy) is 1. The molecular formula is C10H15N3O2. The molecule has 5 nitrogen and oxygen atoms in total. The molecular weight excluding hydrogens is 194 g/mol. The summed E-state index contributed by atoms with van der Waals surface area (Å²) in [5.41, 5.74) is 0.894. The number of hydrogen-bond acceptors (Lipinski definition) is 4. The van der Waals surface area contributed by atoms with Gasteiger partial charge in [0.25, 0.3) is 0 Å². The number of nitrogens with zero attached hydrogens (tertiary/aromatic N) is 1. The van der Waals surface area contributed by atoms with Crippen LogP contribution in [0.15, 0.2) is 18.3 Å². The standard InChI is InChI=1S/C10H15N3O2/c1-11-9(14)4-6-12-8-3-5-13-10(7-8)15-2/h3,5,7H,4,6H2,1-2H3,(H,11,14)(H,12,13). The first-order valence-electron chi connectivity index (χ1n) is 4.70. The van der Waals surface area contributed by atoms with E-state index in [1.807, 2.05) is 6.07 Å². The predicted octanol–water partition coefficient (Wildman–Crippen LogP) is 0.638. The predicted molar refractivity (Wildman–Crippen MR) is 58.0 cm³/mol. The zero-order valence-corrected chi connectivity index (χ0v) is 8.91. The van der Waals surface area contributed by atoms with Gasteiger partial charge >= 0.3 is 0 Å². The van der Waals surface area contributed by atoms with E-state index < -0.39 is 0 Å². The maximum atomic E-state index is 10.9. The average Bonchev–Trinajstić information content (AvgIpc) is 2.29. The zero-order chi connectivity index (χ0) is 11.1. The quantitative estimate of drug-likeness (QED) is 0.747. The highest BCUT2D eigenvalue weighted by Crippen LogP contribution is 2.12. The lowest BCUT2D eigenvalue weighted by Gasteiger charge is -2.06. The first-order chi connectivity index (χ1) is 7.26. The molecule has 0 aromatic carbocycles. The summed E-state index contributed by atoms with van der Waals surface area (Å²) in [6.07, 6.45) is 2.10. The number of carbonyl (C=O) groups excluding carboxylic acids is 1. The molecule has 0 atom stereocenters. The molecule has 0 radical (unpaired) electrons. The van der Waals surface area contributed by atoms with Gasteiger partial charge in [0.1, 0.15) is 0 Å². The molecule has 0 saturated heterocycles. The van der Waals surface area contributed by atoms with Crippen molar-refractivity contribution >= 4 is 11.6 Å². The number of anilines is 1. The van der Waals surface area contributed by atoms with Gasteiger partial charge in [-0.15, -0.1) is 0 Å². The maximum absolute atomic E-state index is 10.9. The Labute approximate surface area is 88.9 Å². The van der Waals surface area contributed by atoms with Crippen LogP contribution in [0, 0.1) is 0 Å². The van der Waals surface area contributed by atoms with Gasteiger partial charge in [-0.25, -0.2) is 4.98 Å². The summed E-state index contributed by atoms with van der Waals surface area (Å²) >= 11 is 0. The molecule has 82 valence electrons. The molecule has 5 heteroatoms. The number of carbonyl (C=O) groups is 1.